The van der Waals surface area contributed by atoms with Crippen LogP contribution in [0.4, 0.5) is 0 Å². The maximum absolute atomic E-state index is 9.45. The van der Waals surface area contributed by atoms with Crippen molar-refractivity contribution >= 4 is 28.2 Å². The van der Waals surface area contributed by atoms with Crippen molar-refractivity contribution in [2.75, 3.05) is 0 Å². The number of benzene rings is 1. The van der Waals surface area contributed by atoms with Gasteiger partial charge in [0.2, 0.25) is 0 Å². The first-order chi connectivity index (χ1) is 14.3. The zero-order valence-electron chi connectivity index (χ0n) is 15.0. The van der Waals surface area contributed by atoms with Crippen LogP contribution in [-0.2, 0) is 0 Å². The van der Waals surface area contributed by atoms with Gasteiger partial charge in [0.25, 0.3) is 0 Å². The molecule has 0 aliphatic rings. The van der Waals surface area contributed by atoms with Gasteiger partial charge in [0.1, 0.15) is 23.8 Å². The minimum atomic E-state index is -0.168. The minimum Gasteiger partial charge on any atom is -0.308 e. The predicted molar refractivity (Wildman–Crippen MR) is 116 cm³/mol. The Hall–Kier alpha value is -3.89. The van der Waals surface area contributed by atoms with E-state index >= 15 is 0 Å². The zero-order valence-corrected chi connectivity index (χ0v) is 16.7. The zero-order chi connectivity index (χ0) is 20.2. The molecule has 0 radical (unpaired) electrons. The summed E-state index contributed by atoms with van der Waals surface area (Å²) in [5.74, 6) is 0. The number of allylic oxidation sites excluding steroid dienone is 2. The van der Waals surface area contributed by atoms with Crippen molar-refractivity contribution in [3.63, 3.8) is 0 Å². The van der Waals surface area contributed by atoms with E-state index < -0.39 is 0 Å². The molecule has 4 nitrogen and oxygen atoms in total. The van der Waals surface area contributed by atoms with Crippen LogP contribution >= 0.6 is 22.7 Å². The van der Waals surface area contributed by atoms with Gasteiger partial charge in [-0.25, -0.2) is 0 Å². The van der Waals surface area contributed by atoms with Crippen molar-refractivity contribution < 1.29 is 0 Å². The molecular formula is C23H12N4S2. The fourth-order valence-electron chi connectivity index (χ4n) is 3.08. The number of aromatic nitrogens is 1. The lowest BCUT2D eigenvalue weighted by atomic mass is 10.1. The molecule has 6 heteroatoms. The van der Waals surface area contributed by atoms with E-state index in [0.717, 1.165) is 26.8 Å². The molecule has 3 heterocycles. The number of hydrogen-bond donors (Lipinski definition) is 0. The molecule has 0 bridgehead atoms. The molecule has 0 amide bonds. The highest BCUT2D eigenvalue weighted by atomic mass is 32.1. The van der Waals surface area contributed by atoms with Crippen molar-refractivity contribution in [3.05, 3.63) is 82.6 Å². The molecule has 29 heavy (non-hydrogen) atoms. The lowest BCUT2D eigenvalue weighted by molar-refractivity contribution is 1.10. The quantitative estimate of drug-likeness (QED) is 0.374. The summed E-state index contributed by atoms with van der Waals surface area (Å²) in [7, 11) is 0. The monoisotopic (exact) mass is 408 g/mol. The first-order valence-corrected chi connectivity index (χ1v) is 10.3. The van der Waals surface area contributed by atoms with Crippen LogP contribution in [0.2, 0.25) is 0 Å². The van der Waals surface area contributed by atoms with Gasteiger partial charge >= 0.3 is 0 Å². The second-order valence-corrected chi connectivity index (χ2v) is 8.03. The van der Waals surface area contributed by atoms with E-state index in [2.05, 4.69) is 40.3 Å². The summed E-state index contributed by atoms with van der Waals surface area (Å²) in [6, 6.07) is 27.7. The summed E-state index contributed by atoms with van der Waals surface area (Å²) >= 11 is 3.07. The number of para-hydroxylation sites is 1. The fraction of sp³-hybridized carbons (Fsp3) is 0. The molecule has 1 aromatic carbocycles. The van der Waals surface area contributed by atoms with Crippen molar-refractivity contribution in [1.82, 2.24) is 4.57 Å². The Morgan fingerprint density at radius 3 is 2.07 bits per heavy atom. The van der Waals surface area contributed by atoms with Crippen LogP contribution in [0, 0.1) is 34.0 Å². The van der Waals surface area contributed by atoms with Crippen LogP contribution in [-0.4, -0.2) is 4.57 Å². The van der Waals surface area contributed by atoms with Gasteiger partial charge in [-0.15, -0.1) is 22.7 Å². The Kier molecular flexibility index (Phi) is 5.10. The second kappa shape index (κ2) is 8.00. The second-order valence-electron chi connectivity index (χ2n) is 6.00. The lowest BCUT2D eigenvalue weighted by Crippen LogP contribution is -1.97. The Balaban J connectivity index is 1.89. The number of hydrogen-bond acceptors (Lipinski definition) is 5. The molecule has 0 fully saturated rings. The molecular weight excluding hydrogens is 396 g/mol. The van der Waals surface area contributed by atoms with Crippen molar-refractivity contribution in [2.45, 2.75) is 0 Å². The van der Waals surface area contributed by atoms with Gasteiger partial charge < -0.3 is 4.57 Å². The van der Waals surface area contributed by atoms with Crippen molar-refractivity contribution in [3.8, 4) is 45.0 Å². The molecule has 0 aliphatic carbocycles. The van der Waals surface area contributed by atoms with Crippen LogP contribution in [0.15, 0.2) is 77.7 Å². The summed E-state index contributed by atoms with van der Waals surface area (Å²) < 4.78 is 2.19. The number of nitrogens with zero attached hydrogens (tertiary/aromatic N) is 4. The normalized spacial score (nSPS) is 9.97. The molecule has 0 spiro atoms. The predicted octanol–water partition coefficient (Wildman–Crippen LogP) is 6.26. The molecule has 0 aliphatic heterocycles. The van der Waals surface area contributed by atoms with E-state index in [1.807, 2.05) is 48.5 Å². The molecule has 0 unspecified atom stereocenters. The summed E-state index contributed by atoms with van der Waals surface area (Å²) in [5, 5.41) is 29.8. The van der Waals surface area contributed by atoms with Gasteiger partial charge in [-0.1, -0.05) is 24.3 Å². The van der Waals surface area contributed by atoms with E-state index in [9.17, 15) is 5.26 Å². The van der Waals surface area contributed by atoms with E-state index in [0.29, 0.717) is 4.88 Å². The minimum absolute atomic E-state index is 0.113. The Morgan fingerprint density at radius 1 is 0.724 bits per heavy atom. The topological polar surface area (TPSA) is 76.3 Å². The smallest absolute Gasteiger partial charge is 0.148 e. The highest BCUT2D eigenvalue weighted by Gasteiger charge is 2.17. The number of nitriles is 3. The van der Waals surface area contributed by atoms with Gasteiger partial charge in [0, 0.05) is 10.6 Å². The van der Waals surface area contributed by atoms with Crippen LogP contribution in [0.1, 0.15) is 4.88 Å². The standard InChI is InChI=1S/C23H12N4S2/c24-13-16(14-25)18(15-26)21-10-11-23(29-21)20-9-8-19(22-7-4-12-28-22)27(20)17-5-2-1-3-6-17/h1-12H. The number of rotatable bonds is 4. The third-order valence-electron chi connectivity index (χ3n) is 4.36. The third-order valence-corrected chi connectivity index (χ3v) is 6.38. The SMILES string of the molecule is N#CC(C#N)=C(C#N)c1ccc(-c2ccc(-c3cccs3)n2-c2ccccc2)s1. The van der Waals surface area contributed by atoms with Gasteiger partial charge in [0.05, 0.1) is 26.7 Å². The van der Waals surface area contributed by atoms with E-state index in [-0.39, 0.29) is 11.1 Å². The first kappa shape index (κ1) is 18.5. The average molecular weight is 409 g/mol. The maximum Gasteiger partial charge on any atom is 0.148 e. The molecule has 0 saturated carbocycles. The summed E-state index contributed by atoms with van der Waals surface area (Å²) in [6.45, 7) is 0. The van der Waals surface area contributed by atoms with Gasteiger partial charge in [-0.2, -0.15) is 15.8 Å². The number of thiophene rings is 2. The summed E-state index contributed by atoms with van der Waals surface area (Å²) in [5.41, 5.74) is 3.06. The van der Waals surface area contributed by atoms with E-state index in [1.165, 1.54) is 11.3 Å². The van der Waals surface area contributed by atoms with E-state index in [4.69, 9.17) is 10.5 Å². The van der Waals surface area contributed by atoms with Crippen LogP contribution in [0.3, 0.4) is 0 Å². The molecule has 3 aromatic heterocycles. The maximum atomic E-state index is 9.45. The van der Waals surface area contributed by atoms with Crippen LogP contribution in [0.25, 0.3) is 32.4 Å². The van der Waals surface area contributed by atoms with Crippen LogP contribution < -0.4 is 0 Å². The Morgan fingerprint density at radius 2 is 1.45 bits per heavy atom. The fourth-order valence-corrected chi connectivity index (χ4v) is 4.85. The largest absolute Gasteiger partial charge is 0.308 e. The van der Waals surface area contributed by atoms with Crippen molar-refractivity contribution in [1.29, 1.82) is 15.8 Å². The average Bonchev–Trinajstić information content (AvgIpc) is 3.52. The van der Waals surface area contributed by atoms with E-state index in [1.54, 1.807) is 17.4 Å². The molecule has 0 saturated heterocycles. The third kappa shape index (κ3) is 3.37. The van der Waals surface area contributed by atoms with Crippen molar-refractivity contribution in [2.24, 2.45) is 0 Å². The van der Waals surface area contributed by atoms with Gasteiger partial charge in [-0.3, -0.25) is 0 Å². The highest BCUT2D eigenvalue weighted by Crippen LogP contribution is 2.38. The molecule has 4 rings (SSSR count). The van der Waals surface area contributed by atoms with Gasteiger partial charge in [0.15, 0.2) is 0 Å². The summed E-state index contributed by atoms with van der Waals surface area (Å²) in [6.07, 6.45) is 0. The highest BCUT2D eigenvalue weighted by molar-refractivity contribution is 7.16. The molecule has 4 aromatic rings. The van der Waals surface area contributed by atoms with Crippen LogP contribution in [0.5, 0.6) is 0 Å². The Bertz CT molecular complexity index is 1300. The Labute approximate surface area is 176 Å². The van der Waals surface area contributed by atoms with Gasteiger partial charge in [-0.05, 0) is 47.8 Å². The molecule has 136 valence electrons. The summed E-state index contributed by atoms with van der Waals surface area (Å²) in [4.78, 5) is 2.72. The lowest BCUT2D eigenvalue weighted by Gasteiger charge is -2.12. The molecule has 0 atom stereocenters. The first-order valence-electron chi connectivity index (χ1n) is 8.63. The molecule has 0 N–H and O–H groups in total.